The van der Waals surface area contributed by atoms with Gasteiger partial charge in [0.2, 0.25) is 15.6 Å². The second kappa shape index (κ2) is 6.12. The van der Waals surface area contributed by atoms with E-state index in [1.165, 1.54) is 28.9 Å². The molecule has 24 heavy (non-hydrogen) atoms. The predicted octanol–water partition coefficient (Wildman–Crippen LogP) is 1.34. The summed E-state index contributed by atoms with van der Waals surface area (Å²) < 4.78 is 25.1. The van der Waals surface area contributed by atoms with Gasteiger partial charge in [0, 0.05) is 24.5 Å². The van der Waals surface area contributed by atoms with Gasteiger partial charge in [-0.05, 0) is 42.7 Å². The molecule has 0 saturated heterocycles. The van der Waals surface area contributed by atoms with Gasteiger partial charge in [-0.1, -0.05) is 0 Å². The summed E-state index contributed by atoms with van der Waals surface area (Å²) in [6, 6.07) is 7.89. The van der Waals surface area contributed by atoms with E-state index >= 15 is 0 Å². The summed E-state index contributed by atoms with van der Waals surface area (Å²) in [5.74, 6) is -0.345. The van der Waals surface area contributed by atoms with Crippen LogP contribution in [0.3, 0.4) is 0 Å². The zero-order valence-electron chi connectivity index (χ0n) is 13.1. The number of aromatic nitrogens is 1. The molecule has 0 bridgehead atoms. The lowest BCUT2D eigenvalue weighted by atomic mass is 10.0. The summed E-state index contributed by atoms with van der Waals surface area (Å²) in [5.41, 5.74) is 2.18. The molecular weight excluding hydrogens is 330 g/mol. The summed E-state index contributed by atoms with van der Waals surface area (Å²) in [6.45, 7) is 0.467. The molecule has 1 aromatic carbocycles. The summed E-state index contributed by atoms with van der Waals surface area (Å²) in [5, 5.41) is 2.75. The first-order valence-corrected chi connectivity index (χ1v) is 9.30. The van der Waals surface area contributed by atoms with Crippen LogP contribution in [0.4, 0.5) is 11.4 Å². The molecule has 8 heteroatoms. The van der Waals surface area contributed by atoms with Gasteiger partial charge < -0.3 is 10.3 Å². The molecule has 1 amide bonds. The first-order valence-electron chi connectivity index (χ1n) is 7.45. The van der Waals surface area contributed by atoms with E-state index in [-0.39, 0.29) is 11.5 Å². The number of H-pyrrole nitrogens is 1. The molecular formula is C16H17N3O4S. The van der Waals surface area contributed by atoms with E-state index < -0.39 is 10.0 Å². The van der Waals surface area contributed by atoms with Crippen LogP contribution < -0.4 is 15.2 Å². The van der Waals surface area contributed by atoms with Gasteiger partial charge in [0.15, 0.2) is 0 Å². The highest BCUT2D eigenvalue weighted by Gasteiger charge is 2.24. The molecule has 0 radical (unpaired) electrons. The van der Waals surface area contributed by atoms with Gasteiger partial charge in [0.25, 0.3) is 5.91 Å². The molecule has 0 atom stereocenters. The number of aryl methyl sites for hydroxylation is 1. The van der Waals surface area contributed by atoms with E-state index in [1.54, 1.807) is 18.2 Å². The predicted molar refractivity (Wildman–Crippen MR) is 92.0 cm³/mol. The summed E-state index contributed by atoms with van der Waals surface area (Å²) >= 11 is 0. The van der Waals surface area contributed by atoms with Gasteiger partial charge in [-0.3, -0.25) is 13.9 Å². The third kappa shape index (κ3) is 3.33. The highest BCUT2D eigenvalue weighted by Crippen LogP contribution is 2.31. The van der Waals surface area contributed by atoms with Crippen molar-refractivity contribution in [1.29, 1.82) is 0 Å². The Kier molecular flexibility index (Phi) is 4.15. The summed E-state index contributed by atoms with van der Waals surface area (Å²) in [6.07, 6.45) is 4.02. The van der Waals surface area contributed by atoms with Crippen LogP contribution in [0.5, 0.6) is 0 Å². The minimum Gasteiger partial charge on any atom is -0.328 e. The van der Waals surface area contributed by atoms with Crippen molar-refractivity contribution in [2.24, 2.45) is 0 Å². The monoisotopic (exact) mass is 347 g/mol. The molecule has 0 unspecified atom stereocenters. The Morgan fingerprint density at radius 3 is 2.71 bits per heavy atom. The molecule has 3 rings (SSSR count). The Morgan fingerprint density at radius 2 is 2.04 bits per heavy atom. The lowest BCUT2D eigenvalue weighted by molar-refractivity contribution is 0.102. The van der Waals surface area contributed by atoms with Crippen molar-refractivity contribution in [3.8, 4) is 0 Å². The lowest BCUT2D eigenvalue weighted by Gasteiger charge is -2.29. The van der Waals surface area contributed by atoms with Crippen molar-refractivity contribution in [2.45, 2.75) is 12.8 Å². The largest absolute Gasteiger partial charge is 0.328 e. The van der Waals surface area contributed by atoms with E-state index in [2.05, 4.69) is 10.3 Å². The fourth-order valence-electron chi connectivity index (χ4n) is 2.74. The van der Waals surface area contributed by atoms with Gasteiger partial charge in [-0.25, -0.2) is 8.42 Å². The molecule has 126 valence electrons. The molecule has 1 aliphatic rings. The van der Waals surface area contributed by atoms with E-state index in [1.807, 2.05) is 0 Å². The van der Waals surface area contributed by atoms with Crippen molar-refractivity contribution in [2.75, 3.05) is 22.4 Å². The number of pyridine rings is 1. The number of amides is 1. The van der Waals surface area contributed by atoms with Crippen LogP contribution in [-0.4, -0.2) is 32.1 Å². The van der Waals surface area contributed by atoms with E-state index in [9.17, 15) is 18.0 Å². The number of hydrogen-bond donors (Lipinski definition) is 2. The fourth-order valence-corrected chi connectivity index (χ4v) is 3.74. The molecule has 0 fully saturated rings. The van der Waals surface area contributed by atoms with Gasteiger partial charge in [0.05, 0.1) is 17.5 Å². The number of nitrogens with one attached hydrogen (secondary N) is 2. The maximum absolute atomic E-state index is 12.2. The number of rotatable bonds is 3. The zero-order valence-corrected chi connectivity index (χ0v) is 13.9. The number of fused-ring (bicyclic) bond motifs is 1. The molecule has 2 aromatic rings. The maximum Gasteiger partial charge on any atom is 0.257 e. The van der Waals surface area contributed by atoms with E-state index in [0.717, 1.165) is 18.4 Å². The summed E-state index contributed by atoms with van der Waals surface area (Å²) in [7, 11) is -3.31. The Hall–Kier alpha value is -2.61. The van der Waals surface area contributed by atoms with Crippen LogP contribution in [0.1, 0.15) is 22.3 Å². The number of benzene rings is 1. The van der Waals surface area contributed by atoms with Gasteiger partial charge in [-0.2, -0.15) is 0 Å². The van der Waals surface area contributed by atoms with Crippen molar-refractivity contribution < 1.29 is 13.2 Å². The standard InChI is InChI=1S/C16H17N3O4S/c1-24(22,23)19-8-2-3-11-9-13(5-6-14(11)19)18-16(21)12-4-7-15(20)17-10-12/h4-7,9-10H,2-3,8H2,1H3,(H,17,20)(H,18,21). The lowest BCUT2D eigenvalue weighted by Crippen LogP contribution is -2.34. The average molecular weight is 347 g/mol. The maximum atomic E-state index is 12.2. The van der Waals surface area contributed by atoms with Crippen molar-refractivity contribution >= 4 is 27.3 Å². The van der Waals surface area contributed by atoms with Crippen LogP contribution in [0, 0.1) is 0 Å². The molecule has 1 aromatic heterocycles. The topological polar surface area (TPSA) is 99.3 Å². The second-order valence-corrected chi connectivity index (χ2v) is 7.58. The number of hydrogen-bond acceptors (Lipinski definition) is 4. The number of anilines is 2. The Morgan fingerprint density at radius 1 is 1.25 bits per heavy atom. The molecule has 7 nitrogen and oxygen atoms in total. The smallest absolute Gasteiger partial charge is 0.257 e. The third-order valence-corrected chi connectivity index (χ3v) is 5.04. The van der Waals surface area contributed by atoms with Crippen molar-refractivity contribution in [3.63, 3.8) is 0 Å². The first-order chi connectivity index (χ1) is 11.3. The van der Waals surface area contributed by atoms with Crippen LogP contribution >= 0.6 is 0 Å². The number of nitrogens with zero attached hydrogens (tertiary/aromatic N) is 1. The van der Waals surface area contributed by atoms with Gasteiger partial charge in [-0.15, -0.1) is 0 Å². The number of sulfonamides is 1. The second-order valence-electron chi connectivity index (χ2n) is 5.68. The molecule has 0 saturated carbocycles. The van der Waals surface area contributed by atoms with Gasteiger partial charge >= 0.3 is 0 Å². The minimum absolute atomic E-state index is 0.277. The van der Waals surface area contributed by atoms with Crippen LogP contribution in [0.2, 0.25) is 0 Å². The van der Waals surface area contributed by atoms with Crippen LogP contribution in [-0.2, 0) is 16.4 Å². The van der Waals surface area contributed by atoms with Crippen molar-refractivity contribution in [3.05, 3.63) is 58.0 Å². The normalized spacial score (nSPS) is 14.1. The Bertz CT molecular complexity index is 930. The highest BCUT2D eigenvalue weighted by molar-refractivity contribution is 7.92. The molecule has 1 aliphatic heterocycles. The van der Waals surface area contributed by atoms with E-state index in [4.69, 9.17) is 0 Å². The van der Waals surface area contributed by atoms with Crippen LogP contribution in [0.15, 0.2) is 41.3 Å². The first kappa shape index (κ1) is 16.3. The fraction of sp³-hybridized carbons (Fsp3) is 0.250. The molecule has 2 N–H and O–H groups in total. The van der Waals surface area contributed by atoms with Crippen molar-refractivity contribution in [1.82, 2.24) is 4.98 Å². The molecule has 2 heterocycles. The third-order valence-electron chi connectivity index (χ3n) is 3.86. The number of carbonyl (C=O) groups is 1. The average Bonchev–Trinajstić information content (AvgIpc) is 2.53. The number of carbonyl (C=O) groups excluding carboxylic acids is 1. The van der Waals surface area contributed by atoms with Crippen LogP contribution in [0.25, 0.3) is 0 Å². The molecule has 0 spiro atoms. The summed E-state index contributed by atoms with van der Waals surface area (Å²) in [4.78, 5) is 25.7. The number of aromatic amines is 1. The SMILES string of the molecule is CS(=O)(=O)N1CCCc2cc(NC(=O)c3ccc(=O)[nH]c3)ccc21. The Balaban J connectivity index is 1.85. The Labute approximate surface area is 139 Å². The highest BCUT2D eigenvalue weighted by atomic mass is 32.2. The van der Waals surface area contributed by atoms with E-state index in [0.29, 0.717) is 23.5 Å². The molecule has 0 aliphatic carbocycles. The minimum atomic E-state index is -3.31. The van der Waals surface area contributed by atoms with Gasteiger partial charge in [0.1, 0.15) is 0 Å². The quantitative estimate of drug-likeness (QED) is 0.875. The zero-order chi connectivity index (χ0) is 17.3.